The van der Waals surface area contributed by atoms with E-state index in [1.54, 1.807) is 11.3 Å². The Kier molecular flexibility index (Phi) is 5.75. The van der Waals surface area contributed by atoms with Gasteiger partial charge in [-0.1, -0.05) is 13.8 Å². The Balaban J connectivity index is 2.08. The maximum absolute atomic E-state index is 3.53. The van der Waals surface area contributed by atoms with Gasteiger partial charge in [0.05, 0.1) is 0 Å². The van der Waals surface area contributed by atoms with Gasteiger partial charge >= 0.3 is 0 Å². The van der Waals surface area contributed by atoms with Crippen LogP contribution >= 0.6 is 27.3 Å². The number of nitrogens with one attached hydrogen (secondary N) is 1. The van der Waals surface area contributed by atoms with E-state index >= 15 is 0 Å². The standard InChI is InChI=1S/C11H18BrNS/c1-9(2)4-3-6-13-8-11-10(12)5-7-14-11/h5,7,9,13H,3-4,6,8H2,1-2H3. The van der Waals surface area contributed by atoms with Crippen molar-refractivity contribution >= 4 is 27.3 Å². The average Bonchev–Trinajstić information content (AvgIpc) is 2.51. The Hall–Kier alpha value is 0.140. The Labute approximate surface area is 99.0 Å². The fourth-order valence-electron chi connectivity index (χ4n) is 1.29. The minimum Gasteiger partial charge on any atom is -0.312 e. The lowest BCUT2D eigenvalue weighted by Crippen LogP contribution is -2.14. The predicted octanol–water partition coefficient (Wildman–Crippen LogP) is 4.04. The third-order valence-corrected chi connectivity index (χ3v) is 4.04. The van der Waals surface area contributed by atoms with Gasteiger partial charge < -0.3 is 5.32 Å². The highest BCUT2D eigenvalue weighted by Crippen LogP contribution is 2.22. The van der Waals surface area contributed by atoms with E-state index < -0.39 is 0 Å². The quantitative estimate of drug-likeness (QED) is 0.773. The van der Waals surface area contributed by atoms with E-state index in [4.69, 9.17) is 0 Å². The predicted molar refractivity (Wildman–Crippen MR) is 67.8 cm³/mol. The largest absolute Gasteiger partial charge is 0.312 e. The zero-order valence-corrected chi connectivity index (χ0v) is 11.2. The van der Waals surface area contributed by atoms with Crippen molar-refractivity contribution in [1.29, 1.82) is 0 Å². The van der Waals surface area contributed by atoms with Crippen molar-refractivity contribution in [2.24, 2.45) is 5.92 Å². The highest BCUT2D eigenvalue weighted by molar-refractivity contribution is 9.10. The van der Waals surface area contributed by atoms with Crippen molar-refractivity contribution in [2.75, 3.05) is 6.54 Å². The maximum Gasteiger partial charge on any atom is 0.0327 e. The Morgan fingerprint density at radius 1 is 1.50 bits per heavy atom. The second kappa shape index (κ2) is 6.59. The molecule has 1 heterocycles. The Bertz CT molecular complexity index is 258. The van der Waals surface area contributed by atoms with Gasteiger partial charge in [0.25, 0.3) is 0 Å². The van der Waals surface area contributed by atoms with Crippen molar-refractivity contribution in [2.45, 2.75) is 33.2 Å². The van der Waals surface area contributed by atoms with Gasteiger partial charge in [0.15, 0.2) is 0 Å². The van der Waals surface area contributed by atoms with E-state index in [-0.39, 0.29) is 0 Å². The van der Waals surface area contributed by atoms with Gasteiger partial charge in [-0.2, -0.15) is 0 Å². The molecule has 0 bridgehead atoms. The first kappa shape index (κ1) is 12.2. The summed E-state index contributed by atoms with van der Waals surface area (Å²) < 4.78 is 1.24. The summed E-state index contributed by atoms with van der Waals surface area (Å²) in [6.45, 7) is 6.67. The van der Waals surface area contributed by atoms with Crippen LogP contribution in [-0.2, 0) is 6.54 Å². The number of hydrogen-bond acceptors (Lipinski definition) is 2. The van der Waals surface area contributed by atoms with Crippen LogP contribution in [0.5, 0.6) is 0 Å². The SMILES string of the molecule is CC(C)CCCNCc1sccc1Br. The van der Waals surface area contributed by atoms with Crippen LogP contribution in [0.1, 0.15) is 31.6 Å². The van der Waals surface area contributed by atoms with Gasteiger partial charge in [-0.25, -0.2) is 0 Å². The fraction of sp³-hybridized carbons (Fsp3) is 0.636. The van der Waals surface area contributed by atoms with Crippen LogP contribution in [0.4, 0.5) is 0 Å². The number of halogens is 1. The van der Waals surface area contributed by atoms with Crippen LogP contribution in [0.2, 0.25) is 0 Å². The molecule has 1 rings (SSSR count). The highest BCUT2D eigenvalue weighted by atomic mass is 79.9. The second-order valence-corrected chi connectivity index (χ2v) is 5.76. The van der Waals surface area contributed by atoms with Gasteiger partial charge in [-0.3, -0.25) is 0 Å². The molecule has 1 N–H and O–H groups in total. The lowest BCUT2D eigenvalue weighted by atomic mass is 10.1. The summed E-state index contributed by atoms with van der Waals surface area (Å²) in [6.07, 6.45) is 2.60. The van der Waals surface area contributed by atoms with Gasteiger partial charge in [0.1, 0.15) is 0 Å². The molecule has 0 spiro atoms. The Morgan fingerprint density at radius 3 is 2.86 bits per heavy atom. The number of thiophene rings is 1. The highest BCUT2D eigenvalue weighted by Gasteiger charge is 2.00. The average molecular weight is 276 g/mol. The first-order chi connectivity index (χ1) is 6.70. The molecule has 0 aliphatic heterocycles. The summed E-state index contributed by atoms with van der Waals surface area (Å²) in [5.41, 5.74) is 0. The molecule has 0 aliphatic rings. The summed E-state index contributed by atoms with van der Waals surface area (Å²) in [6, 6.07) is 2.11. The molecular weight excluding hydrogens is 258 g/mol. The van der Waals surface area contributed by atoms with Crippen molar-refractivity contribution in [1.82, 2.24) is 5.32 Å². The topological polar surface area (TPSA) is 12.0 Å². The molecule has 14 heavy (non-hydrogen) atoms. The maximum atomic E-state index is 3.53. The van der Waals surface area contributed by atoms with Gasteiger partial charge in [0.2, 0.25) is 0 Å². The minimum absolute atomic E-state index is 0.824. The molecule has 3 heteroatoms. The normalized spacial score (nSPS) is 11.1. The van der Waals surface area contributed by atoms with E-state index in [2.05, 4.69) is 46.5 Å². The second-order valence-electron chi connectivity index (χ2n) is 3.90. The van der Waals surface area contributed by atoms with E-state index in [1.807, 2.05) is 0 Å². The van der Waals surface area contributed by atoms with E-state index in [0.29, 0.717) is 0 Å². The molecule has 0 aliphatic carbocycles. The lowest BCUT2D eigenvalue weighted by molar-refractivity contribution is 0.528. The summed E-state index contributed by atoms with van der Waals surface area (Å²) >= 11 is 5.33. The van der Waals surface area contributed by atoms with Crippen molar-refractivity contribution in [3.05, 3.63) is 20.8 Å². The third kappa shape index (κ3) is 4.58. The van der Waals surface area contributed by atoms with Gasteiger partial charge in [-0.05, 0) is 52.7 Å². The van der Waals surface area contributed by atoms with Crippen LogP contribution in [0.15, 0.2) is 15.9 Å². The van der Waals surface area contributed by atoms with Crippen molar-refractivity contribution < 1.29 is 0 Å². The zero-order valence-electron chi connectivity index (χ0n) is 8.85. The molecular formula is C11H18BrNS. The van der Waals surface area contributed by atoms with Crippen LogP contribution in [0.25, 0.3) is 0 Å². The molecule has 1 nitrogen and oxygen atoms in total. The first-order valence-corrected chi connectivity index (χ1v) is 6.80. The molecule has 1 aromatic heterocycles. The molecule has 0 atom stereocenters. The van der Waals surface area contributed by atoms with Gasteiger partial charge in [-0.15, -0.1) is 11.3 Å². The van der Waals surface area contributed by atoms with Crippen LogP contribution in [0.3, 0.4) is 0 Å². The summed E-state index contributed by atoms with van der Waals surface area (Å²) in [5, 5.41) is 5.58. The number of rotatable bonds is 6. The number of hydrogen-bond donors (Lipinski definition) is 1. The van der Waals surface area contributed by atoms with E-state index in [9.17, 15) is 0 Å². The summed E-state index contributed by atoms with van der Waals surface area (Å²) in [4.78, 5) is 1.40. The van der Waals surface area contributed by atoms with E-state index in [1.165, 1.54) is 22.2 Å². The summed E-state index contributed by atoms with van der Waals surface area (Å²) in [7, 11) is 0. The molecule has 0 saturated carbocycles. The monoisotopic (exact) mass is 275 g/mol. The molecule has 0 radical (unpaired) electrons. The van der Waals surface area contributed by atoms with E-state index in [0.717, 1.165) is 19.0 Å². The lowest BCUT2D eigenvalue weighted by Gasteiger charge is -2.05. The zero-order chi connectivity index (χ0) is 10.4. The van der Waals surface area contributed by atoms with Crippen molar-refractivity contribution in [3.63, 3.8) is 0 Å². The smallest absolute Gasteiger partial charge is 0.0327 e. The Morgan fingerprint density at radius 2 is 2.29 bits per heavy atom. The summed E-state index contributed by atoms with van der Waals surface area (Å²) in [5.74, 6) is 0.824. The fourth-order valence-corrected chi connectivity index (χ4v) is 2.75. The van der Waals surface area contributed by atoms with Crippen LogP contribution in [-0.4, -0.2) is 6.54 Å². The molecule has 0 amide bonds. The van der Waals surface area contributed by atoms with Crippen LogP contribution in [0, 0.1) is 5.92 Å². The molecule has 0 fully saturated rings. The van der Waals surface area contributed by atoms with Crippen molar-refractivity contribution in [3.8, 4) is 0 Å². The molecule has 0 unspecified atom stereocenters. The van der Waals surface area contributed by atoms with Crippen LogP contribution < -0.4 is 5.32 Å². The molecule has 1 aromatic rings. The minimum atomic E-state index is 0.824. The van der Waals surface area contributed by atoms with Gasteiger partial charge in [0, 0.05) is 15.9 Å². The first-order valence-electron chi connectivity index (χ1n) is 5.12. The molecule has 0 aromatic carbocycles. The molecule has 0 saturated heterocycles. The molecule has 80 valence electrons. The third-order valence-electron chi connectivity index (χ3n) is 2.11.